The molecule has 0 amide bonds. The second-order valence-electron chi connectivity index (χ2n) is 8.60. The van der Waals surface area contributed by atoms with Crippen molar-refractivity contribution >= 4 is 27.5 Å². The van der Waals surface area contributed by atoms with Gasteiger partial charge in [0.1, 0.15) is 6.61 Å². The van der Waals surface area contributed by atoms with Crippen molar-refractivity contribution in [2.75, 3.05) is 19.8 Å². The number of benzene rings is 3. The lowest BCUT2D eigenvalue weighted by molar-refractivity contribution is -0.170. The SMILES string of the molecule is CCc1c2ccccc2c(CC)c2cc(CCC(=O)OCC3(CC)COC3)ccc12. The molecule has 0 N–H and O–H groups in total. The first-order valence-electron chi connectivity index (χ1n) is 11.3. The first kappa shape index (κ1) is 20.9. The summed E-state index contributed by atoms with van der Waals surface area (Å²) >= 11 is 0. The summed E-state index contributed by atoms with van der Waals surface area (Å²) in [6.07, 6.45) is 4.12. The Kier molecular flexibility index (Phi) is 6.10. The Bertz CT molecular complexity index is 1060. The normalized spacial score (nSPS) is 15.3. The van der Waals surface area contributed by atoms with Gasteiger partial charge in [0.05, 0.1) is 18.6 Å². The third-order valence-electron chi connectivity index (χ3n) is 6.74. The van der Waals surface area contributed by atoms with Gasteiger partial charge in [-0.1, -0.05) is 63.2 Å². The van der Waals surface area contributed by atoms with Crippen LogP contribution in [0.25, 0.3) is 21.5 Å². The third-order valence-corrected chi connectivity index (χ3v) is 6.74. The minimum atomic E-state index is -0.113. The Hall–Kier alpha value is -2.39. The lowest BCUT2D eigenvalue weighted by atomic mass is 9.84. The second kappa shape index (κ2) is 8.77. The number of ether oxygens (including phenoxy) is 2. The Morgan fingerprint density at radius 1 is 0.933 bits per heavy atom. The molecule has 4 rings (SSSR count). The van der Waals surface area contributed by atoms with E-state index in [1.54, 1.807) is 0 Å². The van der Waals surface area contributed by atoms with Gasteiger partial charge in [0.2, 0.25) is 0 Å². The molecule has 0 unspecified atom stereocenters. The molecule has 1 fully saturated rings. The highest BCUT2D eigenvalue weighted by Gasteiger charge is 2.38. The van der Waals surface area contributed by atoms with Crippen molar-refractivity contribution in [1.29, 1.82) is 0 Å². The maximum atomic E-state index is 12.3. The molecule has 0 saturated carbocycles. The molecule has 30 heavy (non-hydrogen) atoms. The monoisotopic (exact) mass is 404 g/mol. The molecule has 3 nitrogen and oxygen atoms in total. The van der Waals surface area contributed by atoms with Crippen molar-refractivity contribution in [3.63, 3.8) is 0 Å². The van der Waals surface area contributed by atoms with E-state index < -0.39 is 0 Å². The highest BCUT2D eigenvalue weighted by Crippen LogP contribution is 2.35. The van der Waals surface area contributed by atoms with Gasteiger partial charge in [-0.05, 0) is 63.9 Å². The van der Waals surface area contributed by atoms with Crippen molar-refractivity contribution in [1.82, 2.24) is 0 Å². The van der Waals surface area contributed by atoms with Gasteiger partial charge in [0.15, 0.2) is 0 Å². The van der Waals surface area contributed by atoms with Crippen LogP contribution in [0.15, 0.2) is 42.5 Å². The highest BCUT2D eigenvalue weighted by molar-refractivity contribution is 6.06. The predicted molar refractivity (Wildman–Crippen MR) is 123 cm³/mol. The molecular weight excluding hydrogens is 372 g/mol. The van der Waals surface area contributed by atoms with Gasteiger partial charge in [-0.2, -0.15) is 0 Å². The lowest BCUT2D eigenvalue weighted by Crippen LogP contribution is -2.46. The maximum absolute atomic E-state index is 12.3. The average Bonchev–Trinajstić information content (AvgIpc) is 2.75. The van der Waals surface area contributed by atoms with Crippen LogP contribution in [0.5, 0.6) is 0 Å². The summed E-state index contributed by atoms with van der Waals surface area (Å²) < 4.78 is 10.9. The smallest absolute Gasteiger partial charge is 0.306 e. The molecule has 0 bridgehead atoms. The van der Waals surface area contributed by atoms with Crippen molar-refractivity contribution in [2.45, 2.75) is 52.9 Å². The molecule has 3 heteroatoms. The molecule has 0 radical (unpaired) electrons. The zero-order chi connectivity index (χ0) is 21.1. The van der Waals surface area contributed by atoms with Crippen LogP contribution in [0.3, 0.4) is 0 Å². The van der Waals surface area contributed by atoms with E-state index in [1.165, 1.54) is 38.2 Å². The molecular formula is C27H32O3. The Morgan fingerprint density at radius 2 is 1.57 bits per heavy atom. The highest BCUT2D eigenvalue weighted by atomic mass is 16.5. The van der Waals surface area contributed by atoms with E-state index in [0.29, 0.717) is 32.7 Å². The topological polar surface area (TPSA) is 35.5 Å². The standard InChI is InChI=1S/C27H32O3/c1-4-20-22-9-7-8-10-23(22)21(5-2)25-15-19(11-13-24(20)25)12-14-26(28)30-18-27(6-3)16-29-17-27/h7-11,13,15H,4-6,12,14,16-18H2,1-3H3. The van der Waals surface area contributed by atoms with Crippen molar-refractivity contribution in [2.24, 2.45) is 5.41 Å². The van der Waals surface area contributed by atoms with E-state index in [4.69, 9.17) is 9.47 Å². The number of aryl methyl sites for hydroxylation is 3. The zero-order valence-corrected chi connectivity index (χ0v) is 18.4. The van der Waals surface area contributed by atoms with E-state index in [0.717, 1.165) is 19.3 Å². The number of carbonyl (C=O) groups excluding carboxylic acids is 1. The fourth-order valence-corrected chi connectivity index (χ4v) is 4.65. The Labute approximate surface area is 179 Å². The third kappa shape index (κ3) is 3.83. The first-order valence-corrected chi connectivity index (χ1v) is 11.3. The lowest BCUT2D eigenvalue weighted by Gasteiger charge is -2.39. The second-order valence-corrected chi connectivity index (χ2v) is 8.60. The summed E-state index contributed by atoms with van der Waals surface area (Å²) in [6, 6.07) is 15.5. The number of hydrogen-bond acceptors (Lipinski definition) is 3. The summed E-state index contributed by atoms with van der Waals surface area (Å²) in [7, 11) is 0. The summed E-state index contributed by atoms with van der Waals surface area (Å²) in [5, 5.41) is 5.39. The summed E-state index contributed by atoms with van der Waals surface area (Å²) in [5.74, 6) is -0.113. The van der Waals surface area contributed by atoms with Gasteiger partial charge in [0.25, 0.3) is 0 Å². The molecule has 0 spiro atoms. The van der Waals surface area contributed by atoms with E-state index >= 15 is 0 Å². The van der Waals surface area contributed by atoms with Crippen LogP contribution in [-0.4, -0.2) is 25.8 Å². The number of hydrogen-bond donors (Lipinski definition) is 0. The molecule has 3 aromatic carbocycles. The van der Waals surface area contributed by atoms with Gasteiger partial charge >= 0.3 is 5.97 Å². The minimum absolute atomic E-state index is 0.0479. The summed E-state index contributed by atoms with van der Waals surface area (Å²) in [4.78, 5) is 12.3. The molecule has 158 valence electrons. The molecule has 3 aromatic rings. The van der Waals surface area contributed by atoms with Gasteiger partial charge in [-0.25, -0.2) is 0 Å². The molecule has 0 atom stereocenters. The van der Waals surface area contributed by atoms with Crippen LogP contribution in [-0.2, 0) is 33.5 Å². The minimum Gasteiger partial charge on any atom is -0.465 e. The van der Waals surface area contributed by atoms with Crippen LogP contribution in [0.1, 0.15) is 50.3 Å². The van der Waals surface area contributed by atoms with Crippen molar-refractivity contribution in [3.05, 3.63) is 59.2 Å². The van der Waals surface area contributed by atoms with Crippen LogP contribution in [0, 0.1) is 5.41 Å². The van der Waals surface area contributed by atoms with Crippen LogP contribution >= 0.6 is 0 Å². The van der Waals surface area contributed by atoms with Crippen molar-refractivity contribution < 1.29 is 14.3 Å². The van der Waals surface area contributed by atoms with Crippen LogP contribution < -0.4 is 0 Å². The van der Waals surface area contributed by atoms with Gasteiger partial charge in [-0.3, -0.25) is 4.79 Å². The first-order chi connectivity index (χ1) is 14.6. The fraction of sp³-hybridized carbons (Fsp3) is 0.444. The molecule has 0 aromatic heterocycles. The summed E-state index contributed by atoms with van der Waals surface area (Å²) in [5.41, 5.74) is 4.06. The van der Waals surface area contributed by atoms with Crippen molar-refractivity contribution in [3.8, 4) is 0 Å². The van der Waals surface area contributed by atoms with E-state index in [2.05, 4.69) is 63.2 Å². The number of carbonyl (C=O) groups is 1. The number of esters is 1. The molecule has 1 aliphatic rings. The molecule has 1 heterocycles. The van der Waals surface area contributed by atoms with E-state index in [9.17, 15) is 4.79 Å². The van der Waals surface area contributed by atoms with E-state index in [1.807, 2.05) is 0 Å². The van der Waals surface area contributed by atoms with Gasteiger partial charge < -0.3 is 9.47 Å². The molecule has 0 aliphatic carbocycles. The number of rotatable bonds is 8. The molecule has 1 saturated heterocycles. The quantitative estimate of drug-likeness (QED) is 0.340. The van der Waals surface area contributed by atoms with Gasteiger partial charge in [-0.15, -0.1) is 0 Å². The largest absolute Gasteiger partial charge is 0.465 e. The predicted octanol–water partition coefficient (Wildman–Crippen LogP) is 6.02. The zero-order valence-electron chi connectivity index (χ0n) is 18.4. The Balaban J connectivity index is 1.55. The van der Waals surface area contributed by atoms with Crippen LogP contribution in [0.4, 0.5) is 0 Å². The van der Waals surface area contributed by atoms with Gasteiger partial charge in [0, 0.05) is 6.42 Å². The maximum Gasteiger partial charge on any atom is 0.306 e. The van der Waals surface area contributed by atoms with E-state index in [-0.39, 0.29) is 11.4 Å². The summed E-state index contributed by atoms with van der Waals surface area (Å²) in [6.45, 7) is 8.47. The Morgan fingerprint density at radius 3 is 2.13 bits per heavy atom. The average molecular weight is 405 g/mol. The van der Waals surface area contributed by atoms with Crippen LogP contribution in [0.2, 0.25) is 0 Å². The number of fused-ring (bicyclic) bond motifs is 2. The molecule has 1 aliphatic heterocycles. The fourth-order valence-electron chi connectivity index (χ4n) is 4.65.